The molecule has 2 aliphatic rings. The van der Waals surface area contributed by atoms with E-state index in [0.717, 1.165) is 18.9 Å². The van der Waals surface area contributed by atoms with Gasteiger partial charge in [-0.3, -0.25) is 0 Å². The smallest absolute Gasteiger partial charge is 0.0683 e. The van der Waals surface area contributed by atoms with Gasteiger partial charge in [-0.15, -0.1) is 0 Å². The van der Waals surface area contributed by atoms with Crippen molar-refractivity contribution in [3.63, 3.8) is 0 Å². The van der Waals surface area contributed by atoms with E-state index in [4.69, 9.17) is 5.26 Å². The highest BCUT2D eigenvalue weighted by molar-refractivity contribution is 4.91. The Balaban J connectivity index is 1.63. The summed E-state index contributed by atoms with van der Waals surface area (Å²) in [5, 5.41) is 9.04. The highest BCUT2D eigenvalue weighted by atomic mass is 15.2. The lowest BCUT2D eigenvalue weighted by atomic mass is 9.89. The van der Waals surface area contributed by atoms with Gasteiger partial charge in [-0.1, -0.05) is 6.42 Å². The van der Waals surface area contributed by atoms with Gasteiger partial charge in [-0.2, -0.15) is 5.26 Å². The first-order chi connectivity index (χ1) is 9.61. The monoisotopic (exact) mass is 277 g/mol. The zero-order chi connectivity index (χ0) is 14.4. The number of nitriles is 1. The summed E-state index contributed by atoms with van der Waals surface area (Å²) in [7, 11) is 0. The fourth-order valence-corrected chi connectivity index (χ4v) is 3.59. The van der Waals surface area contributed by atoms with Gasteiger partial charge in [0.05, 0.1) is 11.5 Å². The number of nitrogens with zero attached hydrogens (tertiary/aromatic N) is 3. The van der Waals surface area contributed by atoms with Gasteiger partial charge < -0.3 is 9.80 Å². The van der Waals surface area contributed by atoms with Gasteiger partial charge in [-0.25, -0.2) is 0 Å². The maximum absolute atomic E-state index is 9.04. The second-order valence-corrected chi connectivity index (χ2v) is 7.27. The molecule has 0 amide bonds. The molecule has 0 unspecified atom stereocenters. The van der Waals surface area contributed by atoms with Crippen LogP contribution >= 0.6 is 0 Å². The van der Waals surface area contributed by atoms with Crippen molar-refractivity contribution in [2.75, 3.05) is 32.7 Å². The third-order valence-corrected chi connectivity index (χ3v) is 5.04. The van der Waals surface area contributed by atoms with Crippen LogP contribution in [0.3, 0.4) is 0 Å². The number of likely N-dealkylation sites (tertiary alicyclic amines) is 2. The summed E-state index contributed by atoms with van der Waals surface area (Å²) < 4.78 is 0. The minimum atomic E-state index is -0.147. The Morgan fingerprint density at radius 1 is 1.05 bits per heavy atom. The van der Waals surface area contributed by atoms with Crippen molar-refractivity contribution in [3.05, 3.63) is 0 Å². The molecule has 0 bridgehead atoms. The molecular formula is C17H31N3. The van der Waals surface area contributed by atoms with Gasteiger partial charge in [0.15, 0.2) is 0 Å². The lowest BCUT2D eigenvalue weighted by molar-refractivity contribution is 0.0910. The van der Waals surface area contributed by atoms with Crippen molar-refractivity contribution < 1.29 is 0 Å². The summed E-state index contributed by atoms with van der Waals surface area (Å²) >= 11 is 0. The number of rotatable bonds is 5. The number of hydrogen-bond donors (Lipinski definition) is 0. The first-order valence-electron chi connectivity index (χ1n) is 8.48. The van der Waals surface area contributed by atoms with Gasteiger partial charge in [0, 0.05) is 6.04 Å². The average molecular weight is 277 g/mol. The summed E-state index contributed by atoms with van der Waals surface area (Å²) in [6.45, 7) is 10.5. The molecule has 0 saturated carbocycles. The Labute approximate surface area is 124 Å². The first kappa shape index (κ1) is 15.8. The molecule has 0 aliphatic carbocycles. The van der Waals surface area contributed by atoms with Crippen LogP contribution in [0.1, 0.15) is 58.8 Å². The molecule has 0 atom stereocenters. The minimum absolute atomic E-state index is 0.147. The van der Waals surface area contributed by atoms with E-state index in [1.807, 2.05) is 0 Å². The molecule has 2 heterocycles. The van der Waals surface area contributed by atoms with Crippen LogP contribution in [0.4, 0.5) is 0 Å². The second-order valence-electron chi connectivity index (χ2n) is 7.27. The Bertz CT molecular complexity index is 318. The molecule has 2 saturated heterocycles. The van der Waals surface area contributed by atoms with E-state index in [1.54, 1.807) is 0 Å². The standard InChI is InChI=1S/C17H31N3/c1-17(2,15-18)9-6-10-19-13-7-16(8-14-19)20-11-4-3-5-12-20/h16H,3-14H2,1-2H3. The molecule has 0 aromatic heterocycles. The molecule has 20 heavy (non-hydrogen) atoms. The highest BCUT2D eigenvalue weighted by Crippen LogP contribution is 2.23. The van der Waals surface area contributed by atoms with Crippen molar-refractivity contribution in [2.24, 2.45) is 5.41 Å². The maximum atomic E-state index is 9.04. The van der Waals surface area contributed by atoms with Crippen molar-refractivity contribution in [1.29, 1.82) is 5.26 Å². The first-order valence-corrected chi connectivity index (χ1v) is 8.48. The van der Waals surface area contributed by atoms with E-state index >= 15 is 0 Å². The van der Waals surface area contributed by atoms with Gasteiger partial charge in [-0.05, 0) is 85.1 Å². The summed E-state index contributed by atoms with van der Waals surface area (Å²) in [5.74, 6) is 0. The Hall–Kier alpha value is -0.590. The Kier molecular flexibility index (Phi) is 5.86. The molecule has 0 radical (unpaired) electrons. The third-order valence-electron chi connectivity index (χ3n) is 5.04. The largest absolute Gasteiger partial charge is 0.303 e. The van der Waals surface area contributed by atoms with E-state index in [9.17, 15) is 0 Å². The molecule has 3 nitrogen and oxygen atoms in total. The van der Waals surface area contributed by atoms with Crippen LogP contribution in [0.25, 0.3) is 0 Å². The fraction of sp³-hybridized carbons (Fsp3) is 0.941. The predicted molar refractivity (Wildman–Crippen MR) is 83.5 cm³/mol. The molecule has 0 aromatic rings. The van der Waals surface area contributed by atoms with Crippen molar-refractivity contribution in [1.82, 2.24) is 9.80 Å². The zero-order valence-electron chi connectivity index (χ0n) is 13.4. The van der Waals surface area contributed by atoms with Crippen molar-refractivity contribution >= 4 is 0 Å². The molecule has 114 valence electrons. The second kappa shape index (κ2) is 7.43. The summed E-state index contributed by atoms with van der Waals surface area (Å²) in [4.78, 5) is 5.34. The van der Waals surface area contributed by atoms with Gasteiger partial charge >= 0.3 is 0 Å². The van der Waals surface area contributed by atoms with E-state index in [0.29, 0.717) is 0 Å². The number of piperidine rings is 2. The molecule has 2 aliphatic heterocycles. The van der Waals surface area contributed by atoms with Gasteiger partial charge in [0.2, 0.25) is 0 Å². The van der Waals surface area contributed by atoms with Gasteiger partial charge in [0.25, 0.3) is 0 Å². The molecule has 2 rings (SSSR count). The van der Waals surface area contributed by atoms with Crippen LogP contribution in [0.2, 0.25) is 0 Å². The van der Waals surface area contributed by atoms with Gasteiger partial charge in [0.1, 0.15) is 0 Å². The normalized spacial score (nSPS) is 23.6. The number of hydrogen-bond acceptors (Lipinski definition) is 3. The van der Waals surface area contributed by atoms with Crippen LogP contribution in [-0.2, 0) is 0 Å². The Morgan fingerprint density at radius 3 is 2.30 bits per heavy atom. The quantitative estimate of drug-likeness (QED) is 0.772. The molecule has 0 N–H and O–H groups in total. The lowest BCUT2D eigenvalue weighted by Crippen LogP contribution is -2.46. The lowest BCUT2D eigenvalue weighted by Gasteiger charge is -2.40. The van der Waals surface area contributed by atoms with Crippen LogP contribution in [0.15, 0.2) is 0 Å². The third kappa shape index (κ3) is 4.75. The van der Waals surface area contributed by atoms with Crippen LogP contribution in [0, 0.1) is 16.7 Å². The predicted octanol–water partition coefficient (Wildman–Crippen LogP) is 3.27. The fourth-order valence-electron chi connectivity index (χ4n) is 3.59. The minimum Gasteiger partial charge on any atom is -0.303 e. The van der Waals surface area contributed by atoms with Crippen molar-refractivity contribution in [2.45, 2.75) is 64.8 Å². The molecular weight excluding hydrogens is 246 g/mol. The van der Waals surface area contributed by atoms with Crippen LogP contribution in [0.5, 0.6) is 0 Å². The van der Waals surface area contributed by atoms with E-state index in [2.05, 4.69) is 29.7 Å². The average Bonchev–Trinajstić information content (AvgIpc) is 2.49. The SMILES string of the molecule is CC(C)(C#N)CCCN1CCC(N2CCCCC2)CC1. The van der Waals surface area contributed by atoms with Crippen LogP contribution in [-0.4, -0.2) is 48.6 Å². The topological polar surface area (TPSA) is 30.3 Å². The van der Waals surface area contributed by atoms with E-state index in [-0.39, 0.29) is 5.41 Å². The van der Waals surface area contributed by atoms with E-state index in [1.165, 1.54) is 64.8 Å². The molecule has 0 spiro atoms. The molecule has 3 heteroatoms. The summed E-state index contributed by atoms with van der Waals surface area (Å²) in [6.07, 6.45) is 9.13. The van der Waals surface area contributed by atoms with Crippen molar-refractivity contribution in [3.8, 4) is 6.07 Å². The molecule has 2 fully saturated rings. The summed E-state index contributed by atoms with van der Waals surface area (Å²) in [5.41, 5.74) is -0.147. The van der Waals surface area contributed by atoms with Crippen LogP contribution < -0.4 is 0 Å². The maximum Gasteiger partial charge on any atom is 0.0683 e. The van der Waals surface area contributed by atoms with E-state index < -0.39 is 0 Å². The zero-order valence-corrected chi connectivity index (χ0v) is 13.4. The summed E-state index contributed by atoms with van der Waals surface area (Å²) in [6, 6.07) is 3.25. The highest BCUT2D eigenvalue weighted by Gasteiger charge is 2.25. The molecule has 0 aromatic carbocycles. The Morgan fingerprint density at radius 2 is 1.70 bits per heavy atom.